The number of hydrogen-bond donors (Lipinski definition) is 2. The number of benzene rings is 1. The van der Waals surface area contributed by atoms with E-state index >= 15 is 0 Å². The van der Waals surface area contributed by atoms with Crippen LogP contribution in [0.1, 0.15) is 23.6 Å². The highest BCUT2D eigenvalue weighted by atomic mass is 35.5. The lowest BCUT2D eigenvalue weighted by molar-refractivity contribution is -0.115. The van der Waals surface area contributed by atoms with Gasteiger partial charge in [-0.25, -0.2) is 0 Å². The molecule has 1 aromatic rings. The van der Waals surface area contributed by atoms with Crippen molar-refractivity contribution in [2.24, 2.45) is 0 Å². The SMILES string of the molecule is Cc1cc(Cl)c(C2=C(O)C(C)NC2=O)cc1C. The number of carbonyl (C=O) groups is 1. The summed E-state index contributed by atoms with van der Waals surface area (Å²) in [5.74, 6) is -0.222. The molecule has 1 heterocycles. The standard InChI is InChI=1S/C13H14ClNO2/c1-6-4-9(10(14)5-7(6)2)11-12(16)8(3)15-13(11)17/h4-5,8,16H,1-3H3,(H,15,17). The number of aliphatic hydroxyl groups is 1. The predicted molar refractivity (Wildman–Crippen MR) is 68.1 cm³/mol. The molecular weight excluding hydrogens is 238 g/mol. The first-order valence-corrected chi connectivity index (χ1v) is 5.80. The molecule has 1 aromatic carbocycles. The lowest BCUT2D eigenvalue weighted by atomic mass is 9.99. The van der Waals surface area contributed by atoms with E-state index in [1.807, 2.05) is 26.0 Å². The second kappa shape index (κ2) is 4.08. The van der Waals surface area contributed by atoms with Gasteiger partial charge in [-0.05, 0) is 44.0 Å². The number of aliphatic hydroxyl groups excluding tert-OH is 1. The van der Waals surface area contributed by atoms with Crippen LogP contribution in [-0.4, -0.2) is 17.1 Å². The zero-order chi connectivity index (χ0) is 12.7. The quantitative estimate of drug-likeness (QED) is 0.806. The molecular formula is C13H14ClNO2. The number of rotatable bonds is 1. The topological polar surface area (TPSA) is 49.3 Å². The highest BCUT2D eigenvalue weighted by molar-refractivity contribution is 6.35. The molecule has 0 aliphatic carbocycles. The molecule has 0 fully saturated rings. The second-order valence-corrected chi connectivity index (χ2v) is 4.78. The van der Waals surface area contributed by atoms with Gasteiger partial charge in [0, 0.05) is 10.6 Å². The molecule has 1 unspecified atom stereocenters. The van der Waals surface area contributed by atoms with Gasteiger partial charge >= 0.3 is 0 Å². The van der Waals surface area contributed by atoms with Crippen molar-refractivity contribution in [2.45, 2.75) is 26.8 Å². The second-order valence-electron chi connectivity index (χ2n) is 4.37. The zero-order valence-electron chi connectivity index (χ0n) is 9.97. The van der Waals surface area contributed by atoms with Crippen molar-refractivity contribution in [2.75, 3.05) is 0 Å². The third-order valence-corrected chi connectivity index (χ3v) is 3.41. The number of aryl methyl sites for hydroxylation is 2. The Labute approximate surface area is 105 Å². The van der Waals surface area contributed by atoms with Crippen LogP contribution in [0, 0.1) is 13.8 Å². The molecule has 1 atom stereocenters. The fraction of sp³-hybridized carbons (Fsp3) is 0.308. The maximum atomic E-state index is 11.8. The summed E-state index contributed by atoms with van der Waals surface area (Å²) in [4.78, 5) is 11.8. The summed E-state index contributed by atoms with van der Waals surface area (Å²) in [7, 11) is 0. The van der Waals surface area contributed by atoms with E-state index in [0.717, 1.165) is 11.1 Å². The highest BCUT2D eigenvalue weighted by Gasteiger charge is 2.30. The van der Waals surface area contributed by atoms with Crippen molar-refractivity contribution in [3.05, 3.63) is 39.6 Å². The van der Waals surface area contributed by atoms with Crippen molar-refractivity contribution in [1.82, 2.24) is 5.32 Å². The predicted octanol–water partition coefficient (Wildman–Crippen LogP) is 2.74. The Kier molecular flexibility index (Phi) is 2.87. The Hall–Kier alpha value is -1.48. The van der Waals surface area contributed by atoms with Crippen LogP contribution in [0.2, 0.25) is 5.02 Å². The fourth-order valence-corrected chi connectivity index (χ4v) is 2.22. The molecule has 0 spiro atoms. The van der Waals surface area contributed by atoms with Crippen molar-refractivity contribution in [1.29, 1.82) is 0 Å². The van der Waals surface area contributed by atoms with Crippen molar-refractivity contribution in [3.8, 4) is 0 Å². The molecule has 1 aliphatic heterocycles. The van der Waals surface area contributed by atoms with E-state index in [-0.39, 0.29) is 23.3 Å². The summed E-state index contributed by atoms with van der Waals surface area (Å²) in [5.41, 5.74) is 2.97. The number of nitrogens with one attached hydrogen (secondary N) is 1. The van der Waals surface area contributed by atoms with E-state index < -0.39 is 0 Å². The number of halogens is 1. The average molecular weight is 252 g/mol. The smallest absolute Gasteiger partial charge is 0.256 e. The first-order chi connectivity index (χ1) is 7.91. The summed E-state index contributed by atoms with van der Waals surface area (Å²) < 4.78 is 0. The minimum Gasteiger partial charge on any atom is -0.509 e. The van der Waals surface area contributed by atoms with Gasteiger partial charge in [-0.3, -0.25) is 4.79 Å². The Morgan fingerprint density at radius 2 is 1.88 bits per heavy atom. The largest absolute Gasteiger partial charge is 0.509 e. The Bertz CT molecular complexity index is 534. The van der Waals surface area contributed by atoms with Crippen LogP contribution in [0.5, 0.6) is 0 Å². The normalized spacial score (nSPS) is 19.8. The maximum absolute atomic E-state index is 11.8. The minimum atomic E-state index is -0.352. The molecule has 17 heavy (non-hydrogen) atoms. The maximum Gasteiger partial charge on any atom is 0.256 e. The molecule has 0 bridgehead atoms. The monoisotopic (exact) mass is 251 g/mol. The summed E-state index contributed by atoms with van der Waals surface area (Å²) in [6.07, 6.45) is 0. The van der Waals surface area contributed by atoms with Crippen LogP contribution >= 0.6 is 11.6 Å². The Morgan fingerprint density at radius 1 is 1.29 bits per heavy atom. The lowest BCUT2D eigenvalue weighted by Crippen LogP contribution is -2.25. The molecule has 1 amide bonds. The first-order valence-electron chi connectivity index (χ1n) is 5.43. The van der Waals surface area contributed by atoms with Crippen molar-refractivity contribution < 1.29 is 9.90 Å². The molecule has 4 heteroatoms. The Morgan fingerprint density at radius 3 is 2.41 bits per heavy atom. The lowest BCUT2D eigenvalue weighted by Gasteiger charge is -2.08. The van der Waals surface area contributed by atoms with Crippen LogP contribution in [0.25, 0.3) is 5.57 Å². The third-order valence-electron chi connectivity index (χ3n) is 3.09. The van der Waals surface area contributed by atoms with Gasteiger partial charge in [0.15, 0.2) is 0 Å². The first kappa shape index (κ1) is 12.0. The van der Waals surface area contributed by atoms with Gasteiger partial charge in [0.25, 0.3) is 5.91 Å². The molecule has 0 radical (unpaired) electrons. The average Bonchev–Trinajstić information content (AvgIpc) is 2.48. The molecule has 2 N–H and O–H groups in total. The molecule has 90 valence electrons. The van der Waals surface area contributed by atoms with Gasteiger partial charge < -0.3 is 10.4 Å². The fourth-order valence-electron chi connectivity index (χ4n) is 1.90. The minimum absolute atomic E-state index is 0.0557. The van der Waals surface area contributed by atoms with Gasteiger partial charge in [-0.15, -0.1) is 0 Å². The van der Waals surface area contributed by atoms with Crippen LogP contribution in [-0.2, 0) is 4.79 Å². The molecule has 0 saturated carbocycles. The van der Waals surface area contributed by atoms with Gasteiger partial charge in [0.2, 0.25) is 0 Å². The molecule has 2 rings (SSSR count). The van der Waals surface area contributed by atoms with Crippen molar-refractivity contribution >= 4 is 23.1 Å². The van der Waals surface area contributed by atoms with Gasteiger partial charge in [0.05, 0.1) is 11.6 Å². The van der Waals surface area contributed by atoms with Crippen LogP contribution in [0.4, 0.5) is 0 Å². The van der Waals surface area contributed by atoms with Gasteiger partial charge in [0.1, 0.15) is 5.76 Å². The number of hydrogen-bond acceptors (Lipinski definition) is 2. The summed E-state index contributed by atoms with van der Waals surface area (Å²) in [6, 6.07) is 3.29. The third kappa shape index (κ3) is 1.91. The molecule has 0 aromatic heterocycles. The summed E-state index contributed by atoms with van der Waals surface area (Å²) in [5, 5.41) is 13.0. The Balaban J connectivity index is 2.62. The summed E-state index contributed by atoms with van der Waals surface area (Å²) in [6.45, 7) is 5.63. The van der Waals surface area contributed by atoms with E-state index in [0.29, 0.717) is 10.6 Å². The van der Waals surface area contributed by atoms with Crippen LogP contribution in [0.3, 0.4) is 0 Å². The van der Waals surface area contributed by atoms with Gasteiger partial charge in [-0.2, -0.15) is 0 Å². The van der Waals surface area contributed by atoms with E-state index in [4.69, 9.17) is 11.6 Å². The number of carbonyl (C=O) groups excluding carboxylic acids is 1. The van der Waals surface area contributed by atoms with Crippen LogP contribution in [0.15, 0.2) is 17.9 Å². The van der Waals surface area contributed by atoms with E-state index in [9.17, 15) is 9.90 Å². The molecule has 3 nitrogen and oxygen atoms in total. The van der Waals surface area contributed by atoms with E-state index in [1.54, 1.807) is 6.92 Å². The van der Waals surface area contributed by atoms with E-state index in [2.05, 4.69) is 5.32 Å². The van der Waals surface area contributed by atoms with Gasteiger partial charge in [-0.1, -0.05) is 11.6 Å². The zero-order valence-corrected chi connectivity index (χ0v) is 10.7. The van der Waals surface area contributed by atoms with Crippen LogP contribution < -0.4 is 5.32 Å². The molecule has 0 saturated heterocycles. The summed E-state index contributed by atoms with van der Waals surface area (Å²) >= 11 is 6.13. The van der Waals surface area contributed by atoms with E-state index in [1.165, 1.54) is 0 Å². The molecule has 1 aliphatic rings. The van der Waals surface area contributed by atoms with Crippen molar-refractivity contribution in [3.63, 3.8) is 0 Å². The highest BCUT2D eigenvalue weighted by Crippen LogP contribution is 2.32. The number of amides is 1.